The fourth-order valence-corrected chi connectivity index (χ4v) is 3.24. The first kappa shape index (κ1) is 17.8. The van der Waals surface area contributed by atoms with E-state index >= 15 is 0 Å². The van der Waals surface area contributed by atoms with Crippen LogP contribution in [0.2, 0.25) is 0 Å². The van der Waals surface area contributed by atoms with E-state index in [-0.39, 0.29) is 5.91 Å². The number of nitrogens with one attached hydrogen (secondary N) is 1. The first-order valence-corrected chi connectivity index (χ1v) is 9.32. The Labute approximate surface area is 164 Å². The highest BCUT2D eigenvalue weighted by atomic mass is 16.5. The maximum atomic E-state index is 12.8. The van der Waals surface area contributed by atoms with Crippen LogP contribution in [0.3, 0.4) is 0 Å². The smallest absolute Gasteiger partial charge is 0.265 e. The summed E-state index contributed by atoms with van der Waals surface area (Å²) < 4.78 is 6.00. The monoisotopic (exact) mass is 367 g/mol. The summed E-state index contributed by atoms with van der Waals surface area (Å²) >= 11 is 0. The van der Waals surface area contributed by atoms with E-state index in [0.29, 0.717) is 5.75 Å². The molecule has 4 aromatic rings. The van der Waals surface area contributed by atoms with Gasteiger partial charge in [-0.25, -0.2) is 0 Å². The van der Waals surface area contributed by atoms with E-state index < -0.39 is 6.10 Å². The number of anilines is 1. The SMILES string of the molecule is C[C@@H](Oc1cccc2ccccc12)C(=O)Nc1ccccc1-c1ccccc1. The highest BCUT2D eigenvalue weighted by Crippen LogP contribution is 2.29. The Hall–Kier alpha value is -3.59. The van der Waals surface area contributed by atoms with Crippen molar-refractivity contribution in [2.24, 2.45) is 0 Å². The van der Waals surface area contributed by atoms with Gasteiger partial charge in [-0.1, -0.05) is 84.9 Å². The third-order valence-electron chi connectivity index (χ3n) is 4.69. The molecular formula is C25H21NO2. The Kier molecular flexibility index (Phi) is 5.07. The van der Waals surface area contributed by atoms with Gasteiger partial charge in [0.2, 0.25) is 0 Å². The Morgan fingerprint density at radius 2 is 1.46 bits per heavy atom. The molecule has 3 nitrogen and oxygen atoms in total. The molecule has 0 fully saturated rings. The third kappa shape index (κ3) is 3.74. The molecule has 1 N–H and O–H groups in total. The zero-order chi connectivity index (χ0) is 19.3. The minimum atomic E-state index is -0.630. The number of para-hydroxylation sites is 1. The molecule has 0 aliphatic rings. The van der Waals surface area contributed by atoms with Gasteiger partial charge in [-0.2, -0.15) is 0 Å². The number of rotatable bonds is 5. The Morgan fingerprint density at radius 3 is 2.32 bits per heavy atom. The van der Waals surface area contributed by atoms with Crippen molar-refractivity contribution in [3.05, 3.63) is 97.1 Å². The second-order valence-electron chi connectivity index (χ2n) is 6.64. The summed E-state index contributed by atoms with van der Waals surface area (Å²) in [6, 6.07) is 31.6. The van der Waals surface area contributed by atoms with E-state index in [2.05, 4.69) is 5.32 Å². The van der Waals surface area contributed by atoms with Crippen molar-refractivity contribution < 1.29 is 9.53 Å². The molecule has 0 heterocycles. The lowest BCUT2D eigenvalue weighted by Crippen LogP contribution is -2.30. The van der Waals surface area contributed by atoms with Crippen LogP contribution < -0.4 is 10.1 Å². The number of carbonyl (C=O) groups excluding carboxylic acids is 1. The molecule has 1 atom stereocenters. The van der Waals surface area contributed by atoms with Gasteiger partial charge in [0, 0.05) is 16.6 Å². The molecule has 0 radical (unpaired) electrons. The molecule has 0 aliphatic carbocycles. The van der Waals surface area contributed by atoms with Crippen LogP contribution in [0.4, 0.5) is 5.69 Å². The normalized spacial score (nSPS) is 11.8. The zero-order valence-corrected chi connectivity index (χ0v) is 15.6. The average molecular weight is 367 g/mol. The molecule has 0 aromatic heterocycles. The second-order valence-corrected chi connectivity index (χ2v) is 6.64. The molecule has 0 spiro atoms. The van der Waals surface area contributed by atoms with Crippen LogP contribution in [-0.4, -0.2) is 12.0 Å². The van der Waals surface area contributed by atoms with Crippen molar-refractivity contribution in [3.63, 3.8) is 0 Å². The first-order valence-electron chi connectivity index (χ1n) is 9.32. The minimum Gasteiger partial charge on any atom is -0.480 e. The number of amides is 1. The molecule has 3 heteroatoms. The van der Waals surface area contributed by atoms with Crippen molar-refractivity contribution in [1.82, 2.24) is 0 Å². The van der Waals surface area contributed by atoms with E-state index in [4.69, 9.17) is 4.74 Å². The highest BCUT2D eigenvalue weighted by Gasteiger charge is 2.17. The number of carbonyl (C=O) groups is 1. The summed E-state index contributed by atoms with van der Waals surface area (Å²) in [5, 5.41) is 5.09. The van der Waals surface area contributed by atoms with E-state index in [0.717, 1.165) is 27.6 Å². The molecule has 1 amide bonds. The summed E-state index contributed by atoms with van der Waals surface area (Å²) in [4.78, 5) is 12.8. The van der Waals surface area contributed by atoms with Crippen LogP contribution in [0, 0.1) is 0 Å². The molecule has 0 saturated heterocycles. The van der Waals surface area contributed by atoms with Crippen LogP contribution in [-0.2, 0) is 4.79 Å². The van der Waals surface area contributed by atoms with Gasteiger partial charge < -0.3 is 10.1 Å². The number of ether oxygens (including phenoxy) is 1. The van der Waals surface area contributed by atoms with Crippen molar-refractivity contribution in [2.75, 3.05) is 5.32 Å². The largest absolute Gasteiger partial charge is 0.480 e. The maximum absolute atomic E-state index is 12.8. The van der Waals surface area contributed by atoms with Gasteiger partial charge in [0.25, 0.3) is 5.91 Å². The van der Waals surface area contributed by atoms with Crippen molar-refractivity contribution in [2.45, 2.75) is 13.0 Å². The summed E-state index contributed by atoms with van der Waals surface area (Å²) in [6.45, 7) is 1.77. The highest BCUT2D eigenvalue weighted by molar-refractivity contribution is 5.98. The van der Waals surface area contributed by atoms with Crippen LogP contribution in [0.1, 0.15) is 6.92 Å². The van der Waals surface area contributed by atoms with Gasteiger partial charge in [0.1, 0.15) is 5.75 Å². The van der Waals surface area contributed by atoms with Crippen LogP contribution in [0.15, 0.2) is 97.1 Å². The number of hydrogen-bond acceptors (Lipinski definition) is 2. The molecule has 4 rings (SSSR count). The van der Waals surface area contributed by atoms with Gasteiger partial charge in [-0.05, 0) is 30.0 Å². The molecule has 0 saturated carbocycles. The van der Waals surface area contributed by atoms with Crippen molar-refractivity contribution >= 4 is 22.4 Å². The molecule has 28 heavy (non-hydrogen) atoms. The van der Waals surface area contributed by atoms with Crippen LogP contribution in [0.25, 0.3) is 21.9 Å². The fourth-order valence-electron chi connectivity index (χ4n) is 3.24. The van der Waals surface area contributed by atoms with Crippen LogP contribution >= 0.6 is 0 Å². The predicted molar refractivity (Wildman–Crippen MR) is 115 cm³/mol. The van der Waals surface area contributed by atoms with Crippen molar-refractivity contribution in [1.29, 1.82) is 0 Å². The van der Waals surface area contributed by atoms with Crippen LogP contribution in [0.5, 0.6) is 5.75 Å². The Bertz CT molecular complexity index is 1100. The minimum absolute atomic E-state index is 0.184. The number of fused-ring (bicyclic) bond motifs is 1. The molecule has 0 bridgehead atoms. The summed E-state index contributed by atoms with van der Waals surface area (Å²) in [5.74, 6) is 0.522. The lowest BCUT2D eigenvalue weighted by atomic mass is 10.0. The van der Waals surface area contributed by atoms with Gasteiger partial charge in [0.15, 0.2) is 6.10 Å². The zero-order valence-electron chi connectivity index (χ0n) is 15.6. The first-order chi connectivity index (χ1) is 13.7. The second kappa shape index (κ2) is 7.97. The average Bonchev–Trinajstić information content (AvgIpc) is 2.75. The molecular weight excluding hydrogens is 346 g/mol. The van der Waals surface area contributed by atoms with Gasteiger partial charge >= 0.3 is 0 Å². The standard InChI is InChI=1S/C25H21NO2/c1-18(28-24-17-9-13-20-12-5-6-15-22(20)24)25(27)26-23-16-8-7-14-21(23)19-10-3-2-4-11-19/h2-18H,1H3,(H,26,27)/t18-/m1/s1. The van der Waals surface area contributed by atoms with Gasteiger partial charge in [-0.3, -0.25) is 4.79 Å². The molecule has 138 valence electrons. The van der Waals surface area contributed by atoms with Gasteiger partial charge in [0.05, 0.1) is 0 Å². The number of hydrogen-bond donors (Lipinski definition) is 1. The summed E-state index contributed by atoms with van der Waals surface area (Å²) in [6.07, 6.45) is -0.630. The summed E-state index contributed by atoms with van der Waals surface area (Å²) in [5.41, 5.74) is 2.81. The van der Waals surface area contributed by atoms with Gasteiger partial charge in [-0.15, -0.1) is 0 Å². The van der Waals surface area contributed by atoms with E-state index in [9.17, 15) is 4.79 Å². The lowest BCUT2D eigenvalue weighted by molar-refractivity contribution is -0.122. The topological polar surface area (TPSA) is 38.3 Å². The Balaban J connectivity index is 1.54. The maximum Gasteiger partial charge on any atom is 0.265 e. The molecule has 0 aliphatic heterocycles. The van der Waals surface area contributed by atoms with Crippen molar-refractivity contribution in [3.8, 4) is 16.9 Å². The fraction of sp³-hybridized carbons (Fsp3) is 0.0800. The predicted octanol–water partition coefficient (Wildman–Crippen LogP) is 5.91. The Morgan fingerprint density at radius 1 is 0.786 bits per heavy atom. The third-order valence-corrected chi connectivity index (χ3v) is 4.69. The number of benzene rings is 4. The molecule has 4 aromatic carbocycles. The lowest BCUT2D eigenvalue weighted by Gasteiger charge is -2.17. The van der Waals surface area contributed by atoms with E-state index in [1.54, 1.807) is 6.92 Å². The van der Waals surface area contributed by atoms with E-state index in [1.807, 2.05) is 97.1 Å². The van der Waals surface area contributed by atoms with E-state index in [1.165, 1.54) is 0 Å². The molecule has 0 unspecified atom stereocenters. The quantitative estimate of drug-likeness (QED) is 0.476. The summed E-state index contributed by atoms with van der Waals surface area (Å²) in [7, 11) is 0.